The van der Waals surface area contributed by atoms with Crippen molar-refractivity contribution in [3.05, 3.63) is 35.4 Å². The van der Waals surface area contributed by atoms with Crippen molar-refractivity contribution in [1.29, 1.82) is 5.26 Å². The third-order valence-electron chi connectivity index (χ3n) is 2.99. The number of carboxylic acid groups (broad SMARTS) is 1. The van der Waals surface area contributed by atoms with Crippen molar-refractivity contribution in [2.75, 3.05) is 0 Å². The lowest BCUT2D eigenvalue weighted by Crippen LogP contribution is -2.52. The average Bonchev–Trinajstić information content (AvgIpc) is 2.35. The Hall–Kier alpha value is -2.35. The molecule has 0 unspecified atom stereocenters. The van der Waals surface area contributed by atoms with Gasteiger partial charge in [-0.05, 0) is 39.8 Å². The van der Waals surface area contributed by atoms with Crippen LogP contribution in [0.15, 0.2) is 24.3 Å². The van der Waals surface area contributed by atoms with Crippen molar-refractivity contribution in [3.8, 4) is 6.07 Å². The minimum atomic E-state index is -1.13. The van der Waals surface area contributed by atoms with Gasteiger partial charge in [-0.2, -0.15) is 5.26 Å². The van der Waals surface area contributed by atoms with Crippen molar-refractivity contribution in [2.24, 2.45) is 0 Å². The predicted octanol–water partition coefficient (Wildman–Crippen LogP) is 2.91. The molecule has 5 nitrogen and oxygen atoms in total. The Balaban J connectivity index is 3.06. The molecule has 1 aromatic carbocycles. The molecule has 1 rings (SSSR count). The van der Waals surface area contributed by atoms with Gasteiger partial charge in [0.15, 0.2) is 5.78 Å². The Kier molecular flexibility index (Phi) is 4.51. The van der Waals surface area contributed by atoms with E-state index in [2.05, 4.69) is 0 Å². The molecule has 1 N–H and O–H groups in total. The van der Waals surface area contributed by atoms with Gasteiger partial charge >= 0.3 is 6.09 Å². The maximum atomic E-state index is 12.3. The van der Waals surface area contributed by atoms with Crippen LogP contribution in [0.2, 0.25) is 0 Å². The molecule has 0 heterocycles. The van der Waals surface area contributed by atoms with Gasteiger partial charge in [0, 0.05) is 11.1 Å². The van der Waals surface area contributed by atoms with Crippen LogP contribution < -0.4 is 0 Å². The van der Waals surface area contributed by atoms with Crippen LogP contribution in [0.1, 0.15) is 43.6 Å². The molecular formula is C15H18N2O3. The van der Waals surface area contributed by atoms with Crippen molar-refractivity contribution in [2.45, 2.75) is 39.3 Å². The van der Waals surface area contributed by atoms with Gasteiger partial charge in [0.1, 0.15) is 0 Å². The fourth-order valence-electron chi connectivity index (χ4n) is 2.10. The lowest BCUT2D eigenvalue weighted by atomic mass is 9.98. The molecule has 0 saturated heterocycles. The molecule has 1 amide bonds. The molecule has 1 aromatic rings. The highest BCUT2D eigenvalue weighted by molar-refractivity contribution is 6.01. The zero-order chi connectivity index (χ0) is 15.5. The first-order valence-corrected chi connectivity index (χ1v) is 6.25. The van der Waals surface area contributed by atoms with Crippen molar-refractivity contribution < 1.29 is 14.7 Å². The summed E-state index contributed by atoms with van der Waals surface area (Å²) in [6.45, 7) is 6.79. The highest BCUT2D eigenvalue weighted by Crippen LogP contribution is 2.20. The lowest BCUT2D eigenvalue weighted by Gasteiger charge is -2.37. The smallest absolute Gasteiger partial charge is 0.408 e. The van der Waals surface area contributed by atoms with Crippen LogP contribution in [0.3, 0.4) is 0 Å². The number of nitrogens with zero attached hydrogens (tertiary/aromatic N) is 2. The lowest BCUT2D eigenvalue weighted by molar-refractivity contribution is 0.0589. The molecule has 20 heavy (non-hydrogen) atoms. The zero-order valence-corrected chi connectivity index (χ0v) is 12.0. The van der Waals surface area contributed by atoms with E-state index < -0.39 is 17.7 Å². The number of hydrogen-bond acceptors (Lipinski definition) is 3. The summed E-state index contributed by atoms with van der Waals surface area (Å²) in [6.07, 6.45) is -1.13. The van der Waals surface area contributed by atoms with Crippen LogP contribution in [0.5, 0.6) is 0 Å². The zero-order valence-electron chi connectivity index (χ0n) is 12.0. The van der Waals surface area contributed by atoms with Crippen LogP contribution in [-0.2, 0) is 0 Å². The monoisotopic (exact) mass is 274 g/mol. The Bertz CT molecular complexity index is 550. The van der Waals surface area contributed by atoms with Crippen LogP contribution in [0.25, 0.3) is 0 Å². The molecule has 106 valence electrons. The molecule has 1 atom stereocenters. The van der Waals surface area contributed by atoms with E-state index in [1.807, 2.05) is 6.07 Å². The van der Waals surface area contributed by atoms with Gasteiger partial charge in [-0.15, -0.1) is 0 Å². The molecule has 0 aliphatic heterocycles. The van der Waals surface area contributed by atoms with E-state index in [0.29, 0.717) is 11.1 Å². The number of rotatable bonds is 3. The number of nitriles is 1. The van der Waals surface area contributed by atoms with Gasteiger partial charge in [-0.3, -0.25) is 9.69 Å². The van der Waals surface area contributed by atoms with Crippen LogP contribution >= 0.6 is 0 Å². The molecule has 0 aliphatic rings. The normalized spacial score (nSPS) is 12.3. The fourth-order valence-corrected chi connectivity index (χ4v) is 2.10. The summed E-state index contributed by atoms with van der Waals surface area (Å²) in [6, 6.07) is 7.35. The second-order valence-electron chi connectivity index (χ2n) is 5.55. The SMILES string of the molecule is C[C@@H](C(=O)c1ccc(C#N)cc1)N(C(=O)O)C(C)(C)C. The summed E-state index contributed by atoms with van der Waals surface area (Å²) in [5.41, 5.74) is 0.181. The van der Waals surface area contributed by atoms with E-state index in [9.17, 15) is 14.7 Å². The van der Waals surface area contributed by atoms with Crippen LogP contribution in [-0.4, -0.2) is 33.5 Å². The first-order valence-electron chi connectivity index (χ1n) is 6.25. The summed E-state index contributed by atoms with van der Waals surface area (Å²) in [7, 11) is 0. The molecule has 0 radical (unpaired) electrons. The van der Waals surface area contributed by atoms with Gasteiger partial charge in [-0.25, -0.2) is 4.79 Å². The molecule has 0 aromatic heterocycles. The maximum absolute atomic E-state index is 12.3. The van der Waals surface area contributed by atoms with E-state index in [4.69, 9.17) is 5.26 Å². The van der Waals surface area contributed by atoms with Crippen LogP contribution in [0, 0.1) is 11.3 Å². The van der Waals surface area contributed by atoms with Gasteiger partial charge < -0.3 is 5.11 Å². The summed E-state index contributed by atoms with van der Waals surface area (Å²) in [5.74, 6) is -0.285. The predicted molar refractivity (Wildman–Crippen MR) is 74.6 cm³/mol. The van der Waals surface area contributed by atoms with E-state index in [-0.39, 0.29) is 5.78 Å². The fraction of sp³-hybridized carbons (Fsp3) is 0.400. The number of hydrogen-bond donors (Lipinski definition) is 1. The van der Waals surface area contributed by atoms with Gasteiger partial charge in [-0.1, -0.05) is 12.1 Å². The standard InChI is InChI=1S/C15H18N2O3/c1-10(17(14(19)20)15(2,3)4)13(18)12-7-5-11(9-16)6-8-12/h5-8,10H,1-4H3,(H,19,20)/t10-/m0/s1. The number of benzene rings is 1. The minimum Gasteiger partial charge on any atom is -0.465 e. The number of ketones is 1. The minimum absolute atomic E-state index is 0.285. The van der Waals surface area contributed by atoms with Crippen molar-refractivity contribution in [3.63, 3.8) is 0 Å². The quantitative estimate of drug-likeness (QED) is 0.859. The molecular weight excluding hydrogens is 256 g/mol. The number of Topliss-reactive ketones (excluding diaryl/α,β-unsaturated/α-hetero) is 1. The largest absolute Gasteiger partial charge is 0.465 e. The van der Waals surface area contributed by atoms with Gasteiger partial charge in [0.25, 0.3) is 0 Å². The topological polar surface area (TPSA) is 81.4 Å². The summed E-state index contributed by atoms with van der Waals surface area (Å²) < 4.78 is 0. The van der Waals surface area contributed by atoms with E-state index in [1.54, 1.807) is 52.0 Å². The van der Waals surface area contributed by atoms with Crippen molar-refractivity contribution >= 4 is 11.9 Å². The maximum Gasteiger partial charge on any atom is 0.408 e. The molecule has 0 aliphatic carbocycles. The third-order valence-corrected chi connectivity index (χ3v) is 2.99. The molecule has 0 spiro atoms. The first kappa shape index (κ1) is 15.7. The Labute approximate surface area is 118 Å². The Morgan fingerprint density at radius 1 is 1.25 bits per heavy atom. The number of carbonyl (C=O) groups excluding carboxylic acids is 1. The van der Waals surface area contributed by atoms with E-state index >= 15 is 0 Å². The first-order chi connectivity index (χ1) is 9.18. The summed E-state index contributed by atoms with van der Waals surface area (Å²) >= 11 is 0. The van der Waals surface area contributed by atoms with E-state index in [1.165, 1.54) is 0 Å². The molecule has 0 fully saturated rings. The summed E-state index contributed by atoms with van der Waals surface area (Å²) in [5, 5.41) is 18.0. The molecule has 0 bridgehead atoms. The Morgan fingerprint density at radius 2 is 1.75 bits per heavy atom. The highest BCUT2D eigenvalue weighted by Gasteiger charge is 2.34. The number of carbonyl (C=O) groups is 2. The highest BCUT2D eigenvalue weighted by atomic mass is 16.4. The molecule has 0 saturated carbocycles. The van der Waals surface area contributed by atoms with E-state index in [0.717, 1.165) is 4.90 Å². The average molecular weight is 274 g/mol. The second kappa shape index (κ2) is 5.74. The molecule has 5 heteroatoms. The second-order valence-corrected chi connectivity index (χ2v) is 5.55. The van der Waals surface area contributed by atoms with Crippen LogP contribution in [0.4, 0.5) is 4.79 Å². The van der Waals surface area contributed by atoms with Gasteiger partial charge in [0.2, 0.25) is 0 Å². The third kappa shape index (κ3) is 3.35. The Morgan fingerprint density at radius 3 is 2.10 bits per heavy atom. The van der Waals surface area contributed by atoms with Gasteiger partial charge in [0.05, 0.1) is 17.7 Å². The summed E-state index contributed by atoms with van der Waals surface area (Å²) in [4.78, 5) is 24.8. The van der Waals surface area contributed by atoms with Crippen molar-refractivity contribution in [1.82, 2.24) is 4.90 Å². The number of amides is 1.